The van der Waals surface area contributed by atoms with Crippen LogP contribution in [-0.4, -0.2) is 12.5 Å². The van der Waals surface area contributed by atoms with Crippen molar-refractivity contribution in [2.45, 2.75) is 65.2 Å². The van der Waals surface area contributed by atoms with Crippen LogP contribution in [0, 0.1) is 6.92 Å². The minimum atomic E-state index is 0.0387. The van der Waals surface area contributed by atoms with E-state index < -0.39 is 0 Å². The third-order valence-electron chi connectivity index (χ3n) is 3.83. The summed E-state index contributed by atoms with van der Waals surface area (Å²) in [5.41, 5.74) is 1.77. The number of unbranched alkanes of at least 4 members (excludes halogenated alkanes) is 7. The summed E-state index contributed by atoms with van der Waals surface area (Å²) in [5.74, 6) is 0.0387. The van der Waals surface area contributed by atoms with E-state index in [1.807, 2.05) is 25.1 Å². The van der Waals surface area contributed by atoms with Gasteiger partial charge >= 0.3 is 0 Å². The molecule has 118 valence electrons. The van der Waals surface area contributed by atoms with Gasteiger partial charge in [0, 0.05) is 16.6 Å². The Kier molecular flexibility index (Phi) is 9.40. The Morgan fingerprint density at radius 3 is 2.33 bits per heavy atom. The van der Waals surface area contributed by atoms with Crippen molar-refractivity contribution in [2.75, 3.05) is 6.54 Å². The monoisotopic (exact) mass is 353 g/mol. The first-order chi connectivity index (χ1) is 10.2. The molecule has 0 saturated heterocycles. The molecule has 0 aliphatic rings. The van der Waals surface area contributed by atoms with Gasteiger partial charge in [-0.2, -0.15) is 0 Å². The fourth-order valence-electron chi connectivity index (χ4n) is 2.41. The minimum Gasteiger partial charge on any atom is -0.352 e. The van der Waals surface area contributed by atoms with Gasteiger partial charge in [0.15, 0.2) is 0 Å². The van der Waals surface area contributed by atoms with Gasteiger partial charge in [-0.05, 0) is 31.0 Å². The molecule has 1 aromatic carbocycles. The van der Waals surface area contributed by atoms with Crippen LogP contribution >= 0.6 is 15.9 Å². The van der Waals surface area contributed by atoms with E-state index in [0.717, 1.165) is 28.6 Å². The number of carbonyl (C=O) groups excluding carboxylic acids is 1. The smallest absolute Gasteiger partial charge is 0.251 e. The zero-order valence-electron chi connectivity index (χ0n) is 13.4. The van der Waals surface area contributed by atoms with Crippen LogP contribution in [0.15, 0.2) is 22.7 Å². The lowest BCUT2D eigenvalue weighted by molar-refractivity contribution is 0.0952. The molecule has 3 heteroatoms. The number of carbonyl (C=O) groups is 1. The maximum Gasteiger partial charge on any atom is 0.251 e. The van der Waals surface area contributed by atoms with E-state index in [4.69, 9.17) is 0 Å². The van der Waals surface area contributed by atoms with E-state index in [1.54, 1.807) is 0 Å². The van der Waals surface area contributed by atoms with Crippen LogP contribution in [0.25, 0.3) is 0 Å². The Bertz CT molecular complexity index is 431. The molecule has 0 fully saturated rings. The van der Waals surface area contributed by atoms with Gasteiger partial charge in [-0.3, -0.25) is 4.79 Å². The average molecular weight is 354 g/mol. The zero-order valence-corrected chi connectivity index (χ0v) is 15.0. The fraction of sp³-hybridized carbons (Fsp3) is 0.611. The van der Waals surface area contributed by atoms with Crippen LogP contribution in [0.5, 0.6) is 0 Å². The molecule has 0 heterocycles. The molecule has 0 atom stereocenters. The normalized spacial score (nSPS) is 10.6. The van der Waals surface area contributed by atoms with Crippen molar-refractivity contribution in [3.63, 3.8) is 0 Å². The number of amides is 1. The molecule has 2 nitrogen and oxygen atoms in total. The summed E-state index contributed by atoms with van der Waals surface area (Å²) in [7, 11) is 0. The van der Waals surface area contributed by atoms with Gasteiger partial charge in [0.05, 0.1) is 0 Å². The molecule has 0 saturated carbocycles. The van der Waals surface area contributed by atoms with Crippen molar-refractivity contribution < 1.29 is 4.79 Å². The van der Waals surface area contributed by atoms with Crippen LogP contribution in [0.3, 0.4) is 0 Å². The molecule has 0 unspecified atom stereocenters. The molecule has 1 N–H and O–H groups in total. The van der Waals surface area contributed by atoms with Crippen molar-refractivity contribution >= 4 is 21.8 Å². The molecule has 0 aromatic heterocycles. The molecule has 0 spiro atoms. The maximum absolute atomic E-state index is 12.1. The third-order valence-corrected chi connectivity index (χ3v) is 4.69. The van der Waals surface area contributed by atoms with Crippen molar-refractivity contribution in [1.82, 2.24) is 5.32 Å². The van der Waals surface area contributed by atoms with Crippen LogP contribution in [-0.2, 0) is 0 Å². The number of nitrogens with one attached hydrogen (secondary N) is 1. The Morgan fingerprint density at radius 1 is 1.05 bits per heavy atom. The lowest BCUT2D eigenvalue weighted by Crippen LogP contribution is -2.25. The molecular formula is C18H28BrNO. The van der Waals surface area contributed by atoms with E-state index in [-0.39, 0.29) is 5.91 Å². The van der Waals surface area contributed by atoms with E-state index in [9.17, 15) is 4.79 Å². The predicted octanol–water partition coefficient (Wildman–Crippen LogP) is 5.63. The summed E-state index contributed by atoms with van der Waals surface area (Å²) < 4.78 is 0.988. The fourth-order valence-corrected chi connectivity index (χ4v) is 2.78. The first kappa shape index (κ1) is 18.2. The van der Waals surface area contributed by atoms with Gasteiger partial charge in [-0.15, -0.1) is 0 Å². The third kappa shape index (κ3) is 7.12. The highest BCUT2D eigenvalue weighted by Gasteiger charge is 2.09. The highest BCUT2D eigenvalue weighted by Crippen LogP contribution is 2.19. The minimum absolute atomic E-state index is 0.0387. The second-order valence-electron chi connectivity index (χ2n) is 5.64. The lowest BCUT2D eigenvalue weighted by Gasteiger charge is -2.08. The second kappa shape index (κ2) is 10.8. The van der Waals surface area contributed by atoms with Gasteiger partial charge in [-0.1, -0.05) is 73.9 Å². The second-order valence-corrected chi connectivity index (χ2v) is 6.50. The molecule has 1 amide bonds. The Labute approximate surface area is 137 Å². The molecule has 21 heavy (non-hydrogen) atoms. The molecular weight excluding hydrogens is 326 g/mol. The van der Waals surface area contributed by atoms with E-state index in [2.05, 4.69) is 28.2 Å². The summed E-state index contributed by atoms with van der Waals surface area (Å²) in [6.45, 7) is 4.99. The SMILES string of the molecule is CCCCCCCCCCNC(=O)c1cccc(Br)c1C. The van der Waals surface area contributed by atoms with Crippen LogP contribution < -0.4 is 5.32 Å². The Morgan fingerprint density at radius 2 is 1.67 bits per heavy atom. The summed E-state index contributed by atoms with van der Waals surface area (Å²) in [4.78, 5) is 12.1. The summed E-state index contributed by atoms with van der Waals surface area (Å²) in [6, 6.07) is 5.75. The molecule has 1 aromatic rings. The van der Waals surface area contributed by atoms with Gasteiger partial charge in [0.2, 0.25) is 0 Å². The van der Waals surface area contributed by atoms with Crippen LogP contribution in [0.2, 0.25) is 0 Å². The number of rotatable bonds is 10. The van der Waals surface area contributed by atoms with Crippen molar-refractivity contribution in [3.8, 4) is 0 Å². The zero-order chi connectivity index (χ0) is 15.5. The number of benzene rings is 1. The lowest BCUT2D eigenvalue weighted by atomic mass is 10.1. The van der Waals surface area contributed by atoms with Gasteiger partial charge in [0.25, 0.3) is 5.91 Å². The van der Waals surface area contributed by atoms with Gasteiger partial charge in [0.1, 0.15) is 0 Å². The summed E-state index contributed by atoms with van der Waals surface area (Å²) in [5, 5.41) is 3.02. The summed E-state index contributed by atoms with van der Waals surface area (Å²) >= 11 is 3.46. The molecule has 0 radical (unpaired) electrons. The van der Waals surface area contributed by atoms with Gasteiger partial charge < -0.3 is 5.32 Å². The Balaban J connectivity index is 2.13. The van der Waals surface area contributed by atoms with E-state index >= 15 is 0 Å². The molecule has 0 bridgehead atoms. The highest BCUT2D eigenvalue weighted by atomic mass is 79.9. The van der Waals surface area contributed by atoms with Gasteiger partial charge in [-0.25, -0.2) is 0 Å². The number of hydrogen-bond acceptors (Lipinski definition) is 1. The van der Waals surface area contributed by atoms with E-state index in [0.29, 0.717) is 0 Å². The first-order valence-corrected chi connectivity index (χ1v) is 8.99. The topological polar surface area (TPSA) is 29.1 Å². The molecule has 0 aliphatic heterocycles. The quantitative estimate of drug-likeness (QED) is 0.542. The standard InChI is InChI=1S/C18H28BrNO/c1-3-4-5-6-7-8-9-10-14-20-18(21)16-12-11-13-17(19)15(16)2/h11-13H,3-10,14H2,1-2H3,(H,20,21). The highest BCUT2D eigenvalue weighted by molar-refractivity contribution is 9.10. The number of halogens is 1. The van der Waals surface area contributed by atoms with Crippen molar-refractivity contribution in [3.05, 3.63) is 33.8 Å². The van der Waals surface area contributed by atoms with E-state index in [1.165, 1.54) is 44.9 Å². The summed E-state index contributed by atoms with van der Waals surface area (Å²) in [6.07, 6.45) is 10.3. The van der Waals surface area contributed by atoms with Crippen molar-refractivity contribution in [2.24, 2.45) is 0 Å². The largest absolute Gasteiger partial charge is 0.352 e. The average Bonchev–Trinajstić information content (AvgIpc) is 2.48. The maximum atomic E-state index is 12.1. The van der Waals surface area contributed by atoms with Crippen LogP contribution in [0.1, 0.15) is 74.2 Å². The van der Waals surface area contributed by atoms with Crippen molar-refractivity contribution in [1.29, 1.82) is 0 Å². The molecule has 1 rings (SSSR count). The molecule has 0 aliphatic carbocycles. The number of hydrogen-bond donors (Lipinski definition) is 1. The van der Waals surface area contributed by atoms with Crippen LogP contribution in [0.4, 0.5) is 0 Å². The first-order valence-electron chi connectivity index (χ1n) is 8.20. The Hall–Kier alpha value is -0.830. The predicted molar refractivity (Wildman–Crippen MR) is 93.8 cm³/mol.